The second-order valence-electron chi connectivity index (χ2n) is 5.94. The Morgan fingerprint density at radius 2 is 2.21 bits per heavy atom. The number of aryl methyl sites for hydroxylation is 1. The van der Waals surface area contributed by atoms with E-state index < -0.39 is 0 Å². The third-order valence-electron chi connectivity index (χ3n) is 3.98. The standard InChI is InChI=1S/C15H23BrN2O/c1-11-8-13(4-5-14(11)16)18-9-12(10-19)17-7-6-15(18,2)3/h4-5,8,12,17,19H,6-7,9-10H2,1-3H3. The van der Waals surface area contributed by atoms with Crippen LogP contribution in [0.2, 0.25) is 0 Å². The Kier molecular flexibility index (Phi) is 4.54. The molecular weight excluding hydrogens is 304 g/mol. The van der Waals surface area contributed by atoms with Gasteiger partial charge in [-0.2, -0.15) is 0 Å². The summed E-state index contributed by atoms with van der Waals surface area (Å²) in [6, 6.07) is 6.61. The molecule has 1 heterocycles. The highest BCUT2D eigenvalue weighted by molar-refractivity contribution is 9.10. The van der Waals surface area contributed by atoms with E-state index in [1.807, 2.05) is 0 Å². The fourth-order valence-corrected chi connectivity index (χ4v) is 2.87. The number of anilines is 1. The smallest absolute Gasteiger partial charge is 0.0601 e. The lowest BCUT2D eigenvalue weighted by Gasteiger charge is -2.40. The maximum Gasteiger partial charge on any atom is 0.0601 e. The summed E-state index contributed by atoms with van der Waals surface area (Å²) in [6.45, 7) is 8.62. The van der Waals surface area contributed by atoms with Crippen LogP contribution in [0.4, 0.5) is 5.69 Å². The van der Waals surface area contributed by atoms with Crippen LogP contribution in [-0.4, -0.2) is 36.4 Å². The largest absolute Gasteiger partial charge is 0.395 e. The molecule has 1 aromatic rings. The number of aliphatic hydroxyl groups is 1. The molecule has 0 amide bonds. The van der Waals surface area contributed by atoms with Gasteiger partial charge in [-0.15, -0.1) is 0 Å². The van der Waals surface area contributed by atoms with Gasteiger partial charge in [-0.1, -0.05) is 15.9 Å². The molecule has 3 nitrogen and oxygen atoms in total. The molecule has 0 bridgehead atoms. The van der Waals surface area contributed by atoms with Crippen LogP contribution >= 0.6 is 15.9 Å². The first-order valence-corrected chi connectivity index (χ1v) is 7.61. The molecule has 1 atom stereocenters. The van der Waals surface area contributed by atoms with Crippen molar-refractivity contribution in [2.24, 2.45) is 0 Å². The van der Waals surface area contributed by atoms with Gasteiger partial charge in [0, 0.05) is 28.3 Å². The van der Waals surface area contributed by atoms with Crippen LogP contribution in [-0.2, 0) is 0 Å². The summed E-state index contributed by atoms with van der Waals surface area (Å²) in [5.41, 5.74) is 2.57. The highest BCUT2D eigenvalue weighted by atomic mass is 79.9. The van der Waals surface area contributed by atoms with Crippen molar-refractivity contribution >= 4 is 21.6 Å². The quantitative estimate of drug-likeness (QED) is 0.877. The average molecular weight is 327 g/mol. The van der Waals surface area contributed by atoms with E-state index in [1.165, 1.54) is 11.3 Å². The summed E-state index contributed by atoms with van der Waals surface area (Å²) >= 11 is 3.55. The SMILES string of the molecule is Cc1cc(N2CC(CO)NCCC2(C)C)ccc1Br. The van der Waals surface area contributed by atoms with Gasteiger partial charge in [0.1, 0.15) is 0 Å². The maximum atomic E-state index is 9.45. The number of rotatable bonds is 2. The zero-order chi connectivity index (χ0) is 14.0. The zero-order valence-corrected chi connectivity index (χ0v) is 13.5. The van der Waals surface area contributed by atoms with E-state index in [0.717, 1.165) is 24.0 Å². The van der Waals surface area contributed by atoms with Crippen molar-refractivity contribution in [1.29, 1.82) is 0 Å². The van der Waals surface area contributed by atoms with Crippen LogP contribution < -0.4 is 10.2 Å². The molecule has 2 rings (SSSR count). The predicted molar refractivity (Wildman–Crippen MR) is 83.8 cm³/mol. The fraction of sp³-hybridized carbons (Fsp3) is 0.600. The summed E-state index contributed by atoms with van der Waals surface area (Å²) < 4.78 is 1.14. The Bertz CT molecular complexity index is 448. The van der Waals surface area contributed by atoms with Crippen molar-refractivity contribution in [2.75, 3.05) is 24.6 Å². The van der Waals surface area contributed by atoms with Crippen molar-refractivity contribution < 1.29 is 5.11 Å². The molecule has 0 saturated carbocycles. The molecule has 1 fully saturated rings. The number of nitrogens with one attached hydrogen (secondary N) is 1. The molecule has 2 N–H and O–H groups in total. The van der Waals surface area contributed by atoms with E-state index in [-0.39, 0.29) is 18.2 Å². The number of hydrogen-bond donors (Lipinski definition) is 2. The number of benzene rings is 1. The molecule has 1 aromatic carbocycles. The van der Waals surface area contributed by atoms with E-state index in [9.17, 15) is 5.11 Å². The molecule has 4 heteroatoms. The van der Waals surface area contributed by atoms with Crippen LogP contribution in [0.5, 0.6) is 0 Å². The van der Waals surface area contributed by atoms with Gasteiger partial charge in [0.15, 0.2) is 0 Å². The fourth-order valence-electron chi connectivity index (χ4n) is 2.62. The summed E-state index contributed by atoms with van der Waals surface area (Å²) in [6.07, 6.45) is 1.07. The molecule has 19 heavy (non-hydrogen) atoms. The minimum atomic E-state index is 0.0944. The lowest BCUT2D eigenvalue weighted by Crippen LogP contribution is -2.47. The Hall–Kier alpha value is -0.580. The van der Waals surface area contributed by atoms with Gasteiger partial charge in [0.25, 0.3) is 0 Å². The minimum Gasteiger partial charge on any atom is -0.395 e. The van der Waals surface area contributed by atoms with Crippen LogP contribution in [0.15, 0.2) is 22.7 Å². The lowest BCUT2D eigenvalue weighted by molar-refractivity contribution is 0.248. The molecule has 0 aromatic heterocycles. The Morgan fingerprint density at radius 1 is 1.47 bits per heavy atom. The van der Waals surface area contributed by atoms with Crippen molar-refractivity contribution in [3.05, 3.63) is 28.2 Å². The summed E-state index contributed by atoms with van der Waals surface area (Å²) in [5.74, 6) is 0. The van der Waals surface area contributed by atoms with Crippen LogP contribution in [0.1, 0.15) is 25.8 Å². The summed E-state index contributed by atoms with van der Waals surface area (Å²) in [4.78, 5) is 2.41. The molecule has 1 saturated heterocycles. The number of aliphatic hydroxyl groups excluding tert-OH is 1. The lowest BCUT2D eigenvalue weighted by atomic mass is 9.97. The van der Waals surface area contributed by atoms with Gasteiger partial charge in [-0.05, 0) is 57.5 Å². The van der Waals surface area contributed by atoms with Crippen LogP contribution in [0, 0.1) is 6.92 Å². The molecule has 0 radical (unpaired) electrons. The average Bonchev–Trinajstić information content (AvgIpc) is 2.51. The highest BCUT2D eigenvalue weighted by Crippen LogP contribution is 2.31. The van der Waals surface area contributed by atoms with Gasteiger partial charge in [-0.3, -0.25) is 0 Å². The molecule has 1 aliphatic heterocycles. The van der Waals surface area contributed by atoms with Gasteiger partial charge in [0.2, 0.25) is 0 Å². The van der Waals surface area contributed by atoms with Crippen molar-refractivity contribution in [3.8, 4) is 0 Å². The van der Waals surface area contributed by atoms with Gasteiger partial charge in [0.05, 0.1) is 6.61 Å². The monoisotopic (exact) mass is 326 g/mol. The maximum absolute atomic E-state index is 9.45. The first-order valence-electron chi connectivity index (χ1n) is 6.82. The number of nitrogens with zero attached hydrogens (tertiary/aromatic N) is 1. The van der Waals surface area contributed by atoms with Crippen molar-refractivity contribution in [3.63, 3.8) is 0 Å². The summed E-state index contributed by atoms with van der Waals surface area (Å²) in [5, 5.41) is 12.9. The van der Waals surface area contributed by atoms with E-state index in [1.54, 1.807) is 0 Å². The summed E-state index contributed by atoms with van der Waals surface area (Å²) in [7, 11) is 0. The zero-order valence-electron chi connectivity index (χ0n) is 11.9. The second-order valence-corrected chi connectivity index (χ2v) is 6.79. The normalized spacial score (nSPS) is 23.2. The Morgan fingerprint density at radius 3 is 2.84 bits per heavy atom. The van der Waals surface area contributed by atoms with E-state index >= 15 is 0 Å². The van der Waals surface area contributed by atoms with Gasteiger partial charge < -0.3 is 15.3 Å². The van der Waals surface area contributed by atoms with Crippen molar-refractivity contribution in [1.82, 2.24) is 5.32 Å². The third kappa shape index (κ3) is 3.30. The molecule has 1 unspecified atom stereocenters. The Labute approximate surface area is 124 Å². The topological polar surface area (TPSA) is 35.5 Å². The predicted octanol–water partition coefficient (Wildman–Crippen LogP) is 2.70. The number of hydrogen-bond acceptors (Lipinski definition) is 3. The van der Waals surface area contributed by atoms with Crippen LogP contribution in [0.25, 0.3) is 0 Å². The highest BCUT2D eigenvalue weighted by Gasteiger charge is 2.31. The molecule has 1 aliphatic rings. The molecule has 106 valence electrons. The second kappa shape index (κ2) is 5.81. The van der Waals surface area contributed by atoms with Crippen molar-refractivity contribution in [2.45, 2.75) is 38.8 Å². The van der Waals surface area contributed by atoms with Gasteiger partial charge >= 0.3 is 0 Å². The van der Waals surface area contributed by atoms with E-state index in [4.69, 9.17) is 0 Å². The molecule has 0 spiro atoms. The first kappa shape index (κ1) is 14.8. The number of halogens is 1. The van der Waals surface area contributed by atoms with Gasteiger partial charge in [-0.25, -0.2) is 0 Å². The molecule has 0 aliphatic carbocycles. The van der Waals surface area contributed by atoms with E-state index in [2.05, 4.69) is 65.1 Å². The first-order chi connectivity index (χ1) is 8.94. The minimum absolute atomic E-state index is 0.0944. The van der Waals surface area contributed by atoms with E-state index in [0.29, 0.717) is 0 Å². The molecular formula is C15H23BrN2O. The van der Waals surface area contributed by atoms with Crippen LogP contribution in [0.3, 0.4) is 0 Å². The third-order valence-corrected chi connectivity index (χ3v) is 4.87. The Balaban J connectivity index is 2.33.